The summed E-state index contributed by atoms with van der Waals surface area (Å²) in [6, 6.07) is 0. The zero-order valence-corrected chi connectivity index (χ0v) is 12.9. The number of aliphatic hydroxyl groups is 1. The maximum Gasteiger partial charge on any atom is 0.0644 e. The highest BCUT2D eigenvalue weighted by atomic mass is 16.3. The molecule has 2 rings (SSSR count). The van der Waals surface area contributed by atoms with Gasteiger partial charge >= 0.3 is 0 Å². The molecule has 0 unspecified atom stereocenters. The number of hydrogen-bond acceptors (Lipinski definition) is 4. The molecular formula is C15H28N4O. The Morgan fingerprint density at radius 1 is 1.15 bits per heavy atom. The minimum atomic E-state index is 0.143. The second-order valence-electron chi connectivity index (χ2n) is 5.68. The van der Waals surface area contributed by atoms with Gasteiger partial charge in [0.1, 0.15) is 0 Å². The summed E-state index contributed by atoms with van der Waals surface area (Å²) in [7, 11) is 0. The molecule has 1 aliphatic heterocycles. The van der Waals surface area contributed by atoms with Crippen LogP contribution in [0.1, 0.15) is 36.2 Å². The van der Waals surface area contributed by atoms with Gasteiger partial charge in [-0.25, -0.2) is 0 Å². The normalized spacial score (nSPS) is 16.8. The zero-order chi connectivity index (χ0) is 14.4. The molecule has 5 nitrogen and oxygen atoms in total. The number of hydrogen-bond donors (Lipinski definition) is 2. The Balaban J connectivity index is 1.76. The fourth-order valence-corrected chi connectivity index (χ4v) is 2.94. The second kappa shape index (κ2) is 7.76. The van der Waals surface area contributed by atoms with Crippen molar-refractivity contribution in [3.63, 3.8) is 0 Å². The van der Waals surface area contributed by atoms with E-state index in [0.29, 0.717) is 6.54 Å². The number of likely N-dealkylation sites (tertiary alicyclic amines) is 1. The Hall–Kier alpha value is -0.910. The van der Waals surface area contributed by atoms with Crippen LogP contribution < -0.4 is 5.32 Å². The first kappa shape index (κ1) is 15.5. The Kier molecular flexibility index (Phi) is 6.01. The Bertz CT molecular complexity index is 410. The summed E-state index contributed by atoms with van der Waals surface area (Å²) in [5, 5.41) is 17.0. The fraction of sp³-hybridized carbons (Fsp3) is 0.800. The number of aromatic nitrogens is 2. The van der Waals surface area contributed by atoms with E-state index < -0.39 is 0 Å². The Morgan fingerprint density at radius 3 is 2.60 bits per heavy atom. The number of rotatable bonds is 7. The van der Waals surface area contributed by atoms with Crippen molar-refractivity contribution in [3.8, 4) is 0 Å². The van der Waals surface area contributed by atoms with Gasteiger partial charge in [0, 0.05) is 30.9 Å². The largest absolute Gasteiger partial charge is 0.394 e. The molecule has 0 aromatic carbocycles. The molecule has 2 heterocycles. The third kappa shape index (κ3) is 4.04. The van der Waals surface area contributed by atoms with E-state index >= 15 is 0 Å². The predicted octanol–water partition coefficient (Wildman–Crippen LogP) is 1.07. The lowest BCUT2D eigenvalue weighted by molar-refractivity contribution is 0.229. The van der Waals surface area contributed by atoms with E-state index in [1.165, 1.54) is 43.6 Å². The van der Waals surface area contributed by atoms with Gasteiger partial charge in [-0.3, -0.25) is 4.68 Å². The van der Waals surface area contributed by atoms with E-state index in [2.05, 4.69) is 22.2 Å². The van der Waals surface area contributed by atoms with E-state index in [-0.39, 0.29) is 6.61 Å². The van der Waals surface area contributed by atoms with Crippen molar-refractivity contribution in [3.05, 3.63) is 17.0 Å². The molecule has 0 spiro atoms. The highest BCUT2D eigenvalue weighted by Crippen LogP contribution is 2.12. The van der Waals surface area contributed by atoms with E-state index in [1.54, 1.807) is 0 Å². The minimum Gasteiger partial charge on any atom is -0.394 e. The molecule has 1 aromatic heterocycles. The summed E-state index contributed by atoms with van der Waals surface area (Å²) in [4.78, 5) is 2.55. The molecule has 1 saturated heterocycles. The summed E-state index contributed by atoms with van der Waals surface area (Å²) in [5.74, 6) is 0. The van der Waals surface area contributed by atoms with Crippen LogP contribution in [0, 0.1) is 13.8 Å². The minimum absolute atomic E-state index is 0.143. The van der Waals surface area contributed by atoms with Crippen molar-refractivity contribution in [2.75, 3.05) is 32.8 Å². The first-order valence-electron chi connectivity index (χ1n) is 7.79. The fourth-order valence-electron chi connectivity index (χ4n) is 2.94. The van der Waals surface area contributed by atoms with Crippen molar-refractivity contribution < 1.29 is 5.11 Å². The average molecular weight is 280 g/mol. The van der Waals surface area contributed by atoms with Gasteiger partial charge in [0.2, 0.25) is 0 Å². The lowest BCUT2D eigenvalue weighted by atomic mass is 10.1. The van der Waals surface area contributed by atoms with Crippen LogP contribution in [-0.4, -0.2) is 52.6 Å². The third-order valence-corrected chi connectivity index (χ3v) is 4.20. The maximum atomic E-state index is 9.02. The molecule has 114 valence electrons. The van der Waals surface area contributed by atoms with Crippen molar-refractivity contribution in [1.29, 1.82) is 0 Å². The number of nitrogens with zero attached hydrogens (tertiary/aromatic N) is 3. The quantitative estimate of drug-likeness (QED) is 0.734. The van der Waals surface area contributed by atoms with Crippen LogP contribution in [0.15, 0.2) is 0 Å². The van der Waals surface area contributed by atoms with Crippen molar-refractivity contribution in [2.45, 2.75) is 46.2 Å². The van der Waals surface area contributed by atoms with Crippen LogP contribution >= 0.6 is 0 Å². The Labute approximate surface area is 122 Å². The molecular weight excluding hydrogens is 252 g/mol. The van der Waals surface area contributed by atoms with Crippen molar-refractivity contribution >= 4 is 0 Å². The van der Waals surface area contributed by atoms with Gasteiger partial charge in [-0.1, -0.05) is 6.42 Å². The molecule has 0 bridgehead atoms. The van der Waals surface area contributed by atoms with Crippen molar-refractivity contribution in [1.82, 2.24) is 20.0 Å². The summed E-state index contributed by atoms with van der Waals surface area (Å²) >= 11 is 0. The lowest BCUT2D eigenvalue weighted by Gasteiger charge is -2.26. The lowest BCUT2D eigenvalue weighted by Crippen LogP contribution is -2.35. The van der Waals surface area contributed by atoms with Crippen LogP contribution in [0.4, 0.5) is 0 Å². The standard InChI is InChI=1S/C15H28N4O/c1-13-15(14(2)19(17-13)10-11-20)12-16-6-9-18-7-4-3-5-8-18/h16,20H,3-12H2,1-2H3. The van der Waals surface area contributed by atoms with Gasteiger partial charge in [-0.05, 0) is 39.8 Å². The number of nitrogens with one attached hydrogen (secondary N) is 1. The highest BCUT2D eigenvalue weighted by molar-refractivity contribution is 5.24. The van der Waals surface area contributed by atoms with E-state index in [9.17, 15) is 0 Å². The van der Waals surface area contributed by atoms with Gasteiger partial charge in [-0.2, -0.15) is 5.10 Å². The summed E-state index contributed by atoms with van der Waals surface area (Å²) < 4.78 is 1.90. The van der Waals surface area contributed by atoms with Gasteiger partial charge in [0.25, 0.3) is 0 Å². The zero-order valence-electron chi connectivity index (χ0n) is 12.9. The maximum absolute atomic E-state index is 9.02. The molecule has 0 saturated carbocycles. The number of aliphatic hydroxyl groups excluding tert-OH is 1. The highest BCUT2D eigenvalue weighted by Gasteiger charge is 2.12. The molecule has 1 fully saturated rings. The monoisotopic (exact) mass is 280 g/mol. The SMILES string of the molecule is Cc1nn(CCO)c(C)c1CNCCN1CCCCC1. The molecule has 1 aliphatic rings. The van der Waals surface area contributed by atoms with E-state index in [1.807, 2.05) is 11.6 Å². The molecule has 1 aromatic rings. The molecule has 2 N–H and O–H groups in total. The first-order valence-corrected chi connectivity index (χ1v) is 7.79. The first-order chi connectivity index (χ1) is 9.72. The van der Waals surface area contributed by atoms with Gasteiger partial charge in [0.05, 0.1) is 18.8 Å². The van der Waals surface area contributed by atoms with E-state index in [4.69, 9.17) is 5.11 Å². The second-order valence-corrected chi connectivity index (χ2v) is 5.68. The average Bonchev–Trinajstić information content (AvgIpc) is 2.72. The van der Waals surface area contributed by atoms with Crippen LogP contribution in [0.25, 0.3) is 0 Å². The molecule has 20 heavy (non-hydrogen) atoms. The van der Waals surface area contributed by atoms with Crippen LogP contribution in [0.3, 0.4) is 0 Å². The van der Waals surface area contributed by atoms with Crippen LogP contribution in [0.2, 0.25) is 0 Å². The van der Waals surface area contributed by atoms with Crippen LogP contribution in [-0.2, 0) is 13.1 Å². The molecule has 0 amide bonds. The van der Waals surface area contributed by atoms with Gasteiger partial charge in [-0.15, -0.1) is 0 Å². The number of piperidine rings is 1. The van der Waals surface area contributed by atoms with Crippen LogP contribution in [0.5, 0.6) is 0 Å². The number of aryl methyl sites for hydroxylation is 1. The van der Waals surface area contributed by atoms with E-state index in [0.717, 1.165) is 25.3 Å². The summed E-state index contributed by atoms with van der Waals surface area (Å²) in [5.41, 5.74) is 3.51. The third-order valence-electron chi connectivity index (χ3n) is 4.20. The summed E-state index contributed by atoms with van der Waals surface area (Å²) in [6.45, 7) is 10.4. The molecule has 0 aliphatic carbocycles. The smallest absolute Gasteiger partial charge is 0.0644 e. The van der Waals surface area contributed by atoms with Crippen molar-refractivity contribution in [2.24, 2.45) is 0 Å². The topological polar surface area (TPSA) is 53.3 Å². The molecule has 5 heteroatoms. The summed E-state index contributed by atoms with van der Waals surface area (Å²) in [6.07, 6.45) is 4.10. The van der Waals surface area contributed by atoms with Gasteiger partial charge in [0.15, 0.2) is 0 Å². The molecule has 0 atom stereocenters. The van der Waals surface area contributed by atoms with Gasteiger partial charge < -0.3 is 15.3 Å². The molecule has 0 radical (unpaired) electrons. The Morgan fingerprint density at radius 2 is 1.90 bits per heavy atom. The predicted molar refractivity (Wildman–Crippen MR) is 80.8 cm³/mol.